The van der Waals surface area contributed by atoms with Crippen LogP contribution in [0.15, 0.2) is 35.7 Å². The van der Waals surface area contributed by atoms with Crippen molar-refractivity contribution in [2.45, 2.75) is 32.0 Å². The number of aliphatic hydroxyl groups is 1. The van der Waals surface area contributed by atoms with Crippen molar-refractivity contribution >= 4 is 11.3 Å². The van der Waals surface area contributed by atoms with E-state index in [1.165, 1.54) is 17.0 Å². The van der Waals surface area contributed by atoms with Gasteiger partial charge < -0.3 is 9.84 Å². The Morgan fingerprint density at radius 3 is 2.84 bits per heavy atom. The number of nitrogens with zero attached hydrogens (tertiary/aromatic N) is 1. The number of ether oxygens (including phenoxy) is 1. The maximum Gasteiger partial charge on any atom is 0.123 e. The fraction of sp³-hybridized carbons (Fsp3) is 0.400. The maximum absolute atomic E-state index is 13.1. The zero-order valence-electron chi connectivity index (χ0n) is 14.1. The van der Waals surface area contributed by atoms with Crippen LogP contribution in [0.4, 0.5) is 4.39 Å². The van der Waals surface area contributed by atoms with Crippen molar-refractivity contribution in [2.75, 3.05) is 19.8 Å². The van der Waals surface area contributed by atoms with Gasteiger partial charge in [-0.05, 0) is 36.6 Å². The Morgan fingerprint density at radius 2 is 2.12 bits per heavy atom. The van der Waals surface area contributed by atoms with Crippen molar-refractivity contribution in [3.05, 3.63) is 57.5 Å². The van der Waals surface area contributed by atoms with Gasteiger partial charge in [0.2, 0.25) is 0 Å². The topological polar surface area (TPSA) is 32.7 Å². The lowest BCUT2D eigenvalue weighted by Gasteiger charge is -2.24. The first-order valence-electron chi connectivity index (χ1n) is 8.48. The largest absolute Gasteiger partial charge is 0.384 e. The molecular weight excluding hydrogens is 337 g/mol. The van der Waals surface area contributed by atoms with Crippen molar-refractivity contribution in [3.63, 3.8) is 0 Å². The van der Waals surface area contributed by atoms with Gasteiger partial charge in [-0.25, -0.2) is 4.39 Å². The lowest BCUT2D eigenvalue weighted by atomic mass is 10.1. The molecule has 1 atom stereocenters. The van der Waals surface area contributed by atoms with Crippen LogP contribution in [0.5, 0.6) is 0 Å². The van der Waals surface area contributed by atoms with Crippen LogP contribution in [-0.4, -0.2) is 35.9 Å². The zero-order chi connectivity index (χ0) is 17.5. The smallest absolute Gasteiger partial charge is 0.123 e. The van der Waals surface area contributed by atoms with E-state index in [4.69, 9.17) is 9.84 Å². The molecule has 2 heterocycles. The van der Waals surface area contributed by atoms with Crippen molar-refractivity contribution in [1.29, 1.82) is 0 Å². The summed E-state index contributed by atoms with van der Waals surface area (Å²) in [5.74, 6) is 5.41. The highest BCUT2D eigenvalue weighted by Crippen LogP contribution is 2.21. The van der Waals surface area contributed by atoms with Gasteiger partial charge in [0.05, 0.1) is 6.10 Å². The monoisotopic (exact) mass is 359 g/mol. The molecule has 1 aromatic carbocycles. The molecule has 0 amide bonds. The third kappa shape index (κ3) is 5.65. The highest BCUT2D eigenvalue weighted by molar-refractivity contribution is 7.10. The average molecular weight is 359 g/mol. The first-order valence-corrected chi connectivity index (χ1v) is 9.36. The summed E-state index contributed by atoms with van der Waals surface area (Å²) in [6.07, 6.45) is 2.49. The van der Waals surface area contributed by atoms with Gasteiger partial charge >= 0.3 is 0 Å². The summed E-state index contributed by atoms with van der Waals surface area (Å²) in [5.41, 5.74) is 2.03. The second-order valence-corrected chi connectivity index (χ2v) is 7.19. The van der Waals surface area contributed by atoms with Gasteiger partial charge in [0, 0.05) is 42.1 Å². The van der Waals surface area contributed by atoms with E-state index in [1.54, 1.807) is 11.3 Å². The third-order valence-corrected chi connectivity index (χ3v) is 5.07. The predicted molar refractivity (Wildman–Crippen MR) is 97.8 cm³/mol. The van der Waals surface area contributed by atoms with E-state index in [0.29, 0.717) is 0 Å². The minimum atomic E-state index is -0.209. The summed E-state index contributed by atoms with van der Waals surface area (Å²) in [4.78, 5) is 3.57. The van der Waals surface area contributed by atoms with Crippen LogP contribution in [0, 0.1) is 17.7 Å². The van der Waals surface area contributed by atoms with Crippen LogP contribution in [0.1, 0.15) is 28.8 Å². The van der Waals surface area contributed by atoms with Gasteiger partial charge in [-0.2, -0.15) is 0 Å². The van der Waals surface area contributed by atoms with Crippen LogP contribution in [0.2, 0.25) is 0 Å². The van der Waals surface area contributed by atoms with E-state index in [2.05, 4.69) is 22.8 Å². The minimum Gasteiger partial charge on any atom is -0.384 e. The van der Waals surface area contributed by atoms with Crippen LogP contribution in [-0.2, 0) is 17.8 Å². The van der Waals surface area contributed by atoms with Gasteiger partial charge in [0.25, 0.3) is 0 Å². The molecule has 132 valence electrons. The van der Waals surface area contributed by atoms with Gasteiger partial charge in [0.1, 0.15) is 12.4 Å². The number of aliphatic hydroxyl groups excluding tert-OH is 1. The number of hydrogen-bond donors (Lipinski definition) is 1. The molecule has 25 heavy (non-hydrogen) atoms. The molecule has 0 aliphatic carbocycles. The highest BCUT2D eigenvalue weighted by Gasteiger charge is 2.20. The molecule has 2 aromatic rings. The molecule has 5 heteroatoms. The Balaban J connectivity index is 1.68. The zero-order valence-corrected chi connectivity index (χ0v) is 14.9. The first-order chi connectivity index (χ1) is 12.2. The van der Waals surface area contributed by atoms with E-state index < -0.39 is 0 Å². The lowest BCUT2D eigenvalue weighted by molar-refractivity contribution is 0.0682. The molecule has 1 aliphatic heterocycles. The highest BCUT2D eigenvalue weighted by atomic mass is 32.1. The lowest BCUT2D eigenvalue weighted by Crippen LogP contribution is -2.31. The van der Waals surface area contributed by atoms with Gasteiger partial charge in [-0.3, -0.25) is 4.90 Å². The van der Waals surface area contributed by atoms with Crippen LogP contribution in [0.3, 0.4) is 0 Å². The predicted octanol–water partition coefficient (Wildman–Crippen LogP) is 3.41. The summed E-state index contributed by atoms with van der Waals surface area (Å²) in [5, 5.41) is 10.8. The molecular formula is C20H22FNO2S. The van der Waals surface area contributed by atoms with E-state index in [9.17, 15) is 4.39 Å². The normalized spacial score (nSPS) is 16.8. The number of halogens is 1. The SMILES string of the molecule is OCC#Cc1csc(CN(Cc2ccc(F)cc2)C[C@@H]2CCCO2)c1. The Labute approximate surface area is 152 Å². The second kappa shape index (κ2) is 9.12. The molecule has 3 nitrogen and oxygen atoms in total. The van der Waals surface area contributed by atoms with Crippen molar-refractivity contribution in [2.24, 2.45) is 0 Å². The summed E-state index contributed by atoms with van der Waals surface area (Å²) < 4.78 is 18.9. The molecule has 1 aliphatic rings. The van der Waals surface area contributed by atoms with Crippen molar-refractivity contribution < 1.29 is 14.2 Å². The van der Waals surface area contributed by atoms with Crippen LogP contribution < -0.4 is 0 Å². The molecule has 0 unspecified atom stereocenters. The molecule has 0 radical (unpaired) electrons. The van der Waals surface area contributed by atoms with Gasteiger partial charge in [-0.1, -0.05) is 24.0 Å². The summed E-state index contributed by atoms with van der Waals surface area (Å²) in [7, 11) is 0. The second-order valence-electron chi connectivity index (χ2n) is 6.19. The third-order valence-electron chi connectivity index (χ3n) is 4.15. The molecule has 3 rings (SSSR count). The fourth-order valence-corrected chi connectivity index (χ4v) is 3.86. The minimum absolute atomic E-state index is 0.124. The van der Waals surface area contributed by atoms with E-state index in [1.807, 2.05) is 17.5 Å². The van der Waals surface area contributed by atoms with Crippen molar-refractivity contribution in [3.8, 4) is 11.8 Å². The number of thiophene rings is 1. The van der Waals surface area contributed by atoms with Crippen molar-refractivity contribution in [1.82, 2.24) is 4.90 Å². The Morgan fingerprint density at radius 1 is 1.28 bits per heavy atom. The van der Waals surface area contributed by atoms with Gasteiger partial charge in [-0.15, -0.1) is 11.3 Å². The number of rotatable bonds is 6. The van der Waals surface area contributed by atoms with Crippen LogP contribution >= 0.6 is 11.3 Å². The maximum atomic E-state index is 13.1. The fourth-order valence-electron chi connectivity index (χ4n) is 3.00. The molecule has 0 bridgehead atoms. The number of benzene rings is 1. The molecule has 0 spiro atoms. The molecule has 1 aromatic heterocycles. The Hall–Kier alpha value is -1.71. The number of hydrogen-bond acceptors (Lipinski definition) is 4. The Bertz CT molecular complexity index is 726. The molecule has 1 saturated heterocycles. The van der Waals surface area contributed by atoms with E-state index in [0.717, 1.165) is 50.2 Å². The summed E-state index contributed by atoms with van der Waals surface area (Å²) >= 11 is 1.67. The Kier molecular flexibility index (Phi) is 6.60. The van der Waals surface area contributed by atoms with E-state index >= 15 is 0 Å². The van der Waals surface area contributed by atoms with Gasteiger partial charge in [0.15, 0.2) is 0 Å². The van der Waals surface area contributed by atoms with E-state index in [-0.39, 0.29) is 18.5 Å². The first kappa shape index (κ1) is 18.1. The molecule has 0 saturated carbocycles. The average Bonchev–Trinajstić information content (AvgIpc) is 3.27. The van der Waals surface area contributed by atoms with Crippen LogP contribution in [0.25, 0.3) is 0 Å². The standard InChI is InChI=1S/C20H22FNO2S/c21-18-7-5-16(6-8-18)12-22(13-19-4-2-10-24-19)14-20-11-17(15-25-20)3-1-9-23/h5-8,11,15,19,23H,2,4,9-10,12-14H2/t19-/m0/s1. The summed E-state index contributed by atoms with van der Waals surface area (Å²) in [6, 6.07) is 8.76. The quantitative estimate of drug-likeness (QED) is 0.803. The summed E-state index contributed by atoms with van der Waals surface area (Å²) in [6.45, 7) is 3.15. The molecule has 1 N–H and O–H groups in total. The molecule has 1 fully saturated rings.